The van der Waals surface area contributed by atoms with Crippen molar-refractivity contribution in [3.05, 3.63) is 95.5 Å². The first-order valence-corrected chi connectivity index (χ1v) is 15.0. The molecule has 208 valence electrons. The van der Waals surface area contributed by atoms with Gasteiger partial charge in [0.2, 0.25) is 11.8 Å². The number of hydrogen-bond donors (Lipinski definition) is 1. The van der Waals surface area contributed by atoms with Crippen LogP contribution in [0.3, 0.4) is 0 Å². The lowest BCUT2D eigenvalue weighted by Gasteiger charge is -2.34. The number of halogens is 1. The first kappa shape index (κ1) is 30.2. The maximum Gasteiger partial charge on any atom is 0.264 e. The highest BCUT2D eigenvalue weighted by atomic mass is 35.5. The molecule has 0 radical (unpaired) electrons. The van der Waals surface area contributed by atoms with E-state index >= 15 is 0 Å². The zero-order chi connectivity index (χ0) is 28.4. The first-order chi connectivity index (χ1) is 18.7. The second kappa shape index (κ2) is 14.1. The molecule has 0 fully saturated rings. The van der Waals surface area contributed by atoms with E-state index in [4.69, 9.17) is 11.6 Å². The smallest absolute Gasteiger partial charge is 0.264 e. The molecule has 39 heavy (non-hydrogen) atoms. The van der Waals surface area contributed by atoms with Gasteiger partial charge in [-0.15, -0.1) is 0 Å². The Balaban J connectivity index is 2.00. The van der Waals surface area contributed by atoms with Crippen molar-refractivity contribution in [2.45, 2.75) is 57.0 Å². The Bertz CT molecular complexity index is 1340. The van der Waals surface area contributed by atoms with Gasteiger partial charge in [-0.2, -0.15) is 0 Å². The van der Waals surface area contributed by atoms with E-state index in [2.05, 4.69) is 5.32 Å². The van der Waals surface area contributed by atoms with Crippen LogP contribution in [0.25, 0.3) is 0 Å². The highest BCUT2D eigenvalue weighted by molar-refractivity contribution is 7.92. The van der Waals surface area contributed by atoms with Crippen LogP contribution >= 0.6 is 11.6 Å². The summed E-state index contributed by atoms with van der Waals surface area (Å²) in [5, 5.41) is 3.18. The molecule has 0 saturated heterocycles. The number of sulfonamides is 1. The van der Waals surface area contributed by atoms with Gasteiger partial charge < -0.3 is 10.2 Å². The quantitative estimate of drug-likeness (QED) is 0.303. The van der Waals surface area contributed by atoms with Gasteiger partial charge in [0.05, 0.1) is 15.6 Å². The molecule has 0 unspecified atom stereocenters. The van der Waals surface area contributed by atoms with E-state index in [1.54, 1.807) is 42.5 Å². The Labute approximate surface area is 236 Å². The third-order valence-electron chi connectivity index (χ3n) is 6.60. The zero-order valence-corrected chi connectivity index (χ0v) is 24.2. The summed E-state index contributed by atoms with van der Waals surface area (Å²) in [5.41, 5.74) is 1.20. The molecule has 0 saturated carbocycles. The van der Waals surface area contributed by atoms with Crippen LogP contribution in [0.1, 0.15) is 39.2 Å². The highest BCUT2D eigenvalue weighted by Gasteiger charge is 2.34. The first-order valence-electron chi connectivity index (χ1n) is 13.1. The summed E-state index contributed by atoms with van der Waals surface area (Å²) >= 11 is 6.44. The number of carbonyl (C=O) groups is 2. The van der Waals surface area contributed by atoms with Gasteiger partial charge >= 0.3 is 0 Å². The van der Waals surface area contributed by atoms with Crippen LogP contribution < -0.4 is 9.62 Å². The minimum Gasteiger partial charge on any atom is -0.352 e. The average Bonchev–Trinajstić information content (AvgIpc) is 2.95. The van der Waals surface area contributed by atoms with Crippen molar-refractivity contribution in [3.8, 4) is 0 Å². The molecule has 0 bridgehead atoms. The van der Waals surface area contributed by atoms with Crippen LogP contribution in [0.4, 0.5) is 5.69 Å². The summed E-state index contributed by atoms with van der Waals surface area (Å²) in [6, 6.07) is 23.3. The number of amides is 2. The van der Waals surface area contributed by atoms with Gasteiger partial charge in [-0.05, 0) is 56.0 Å². The van der Waals surface area contributed by atoms with E-state index in [9.17, 15) is 18.0 Å². The molecule has 9 heteroatoms. The molecule has 0 heterocycles. The topological polar surface area (TPSA) is 86.8 Å². The fourth-order valence-corrected chi connectivity index (χ4v) is 5.97. The Morgan fingerprint density at radius 2 is 1.46 bits per heavy atom. The molecule has 0 spiro atoms. The number of rotatable bonds is 13. The van der Waals surface area contributed by atoms with Crippen LogP contribution in [0.15, 0.2) is 89.8 Å². The fourth-order valence-electron chi connectivity index (χ4n) is 4.22. The number of anilines is 1. The largest absolute Gasteiger partial charge is 0.352 e. The Kier molecular flexibility index (Phi) is 10.9. The molecule has 7 nitrogen and oxygen atoms in total. The molecule has 3 aromatic carbocycles. The van der Waals surface area contributed by atoms with Crippen molar-refractivity contribution in [2.24, 2.45) is 0 Å². The fraction of sp³-hybridized carbons (Fsp3) is 0.333. The van der Waals surface area contributed by atoms with E-state index < -0.39 is 28.5 Å². The van der Waals surface area contributed by atoms with Crippen LogP contribution in [-0.2, 0) is 26.0 Å². The van der Waals surface area contributed by atoms with E-state index in [-0.39, 0.29) is 34.1 Å². The Hall–Kier alpha value is -3.36. The summed E-state index contributed by atoms with van der Waals surface area (Å²) in [5.74, 6) is -0.750. The molecule has 0 aliphatic rings. The molecule has 1 N–H and O–H groups in total. The maximum absolute atomic E-state index is 14.0. The normalized spacial score (nSPS) is 12.8. The standard InChI is InChI=1S/C30H36ClN3O4S/c1-4-23(3)32-30(36)27(5-2)33(21-20-24-14-8-6-9-15-24)29(35)22-34(28-19-13-12-18-26(28)31)39(37,38)25-16-10-7-11-17-25/h6-19,23,27H,4-5,20-22H2,1-3H3,(H,32,36)/t23-,27+/m0/s1. The SMILES string of the molecule is CC[C@H](C(=O)N[C@@H](C)CC)N(CCc1ccccc1)C(=O)CN(c1ccccc1Cl)S(=O)(=O)c1ccccc1. The number of para-hydroxylation sites is 1. The summed E-state index contributed by atoms with van der Waals surface area (Å²) < 4.78 is 28.6. The number of carbonyl (C=O) groups excluding carboxylic acids is 2. The lowest BCUT2D eigenvalue weighted by Crippen LogP contribution is -2.54. The van der Waals surface area contributed by atoms with Gasteiger partial charge in [0.15, 0.2) is 0 Å². The summed E-state index contributed by atoms with van der Waals surface area (Å²) in [7, 11) is -4.15. The monoisotopic (exact) mass is 569 g/mol. The molecule has 0 aromatic heterocycles. The van der Waals surface area contributed by atoms with Gasteiger partial charge in [0, 0.05) is 12.6 Å². The molecular formula is C30H36ClN3O4S. The van der Waals surface area contributed by atoms with Crippen molar-refractivity contribution < 1.29 is 18.0 Å². The van der Waals surface area contributed by atoms with E-state index in [1.807, 2.05) is 51.1 Å². The predicted octanol–water partition coefficient (Wildman–Crippen LogP) is 5.30. The Morgan fingerprint density at radius 3 is 2.05 bits per heavy atom. The van der Waals surface area contributed by atoms with Crippen LogP contribution in [0.2, 0.25) is 5.02 Å². The van der Waals surface area contributed by atoms with E-state index in [1.165, 1.54) is 17.0 Å². The van der Waals surface area contributed by atoms with Crippen LogP contribution in [0, 0.1) is 0 Å². The molecule has 0 aliphatic heterocycles. The van der Waals surface area contributed by atoms with Gasteiger partial charge in [-0.25, -0.2) is 8.42 Å². The average molecular weight is 570 g/mol. The number of nitrogens with zero attached hydrogens (tertiary/aromatic N) is 2. The van der Waals surface area contributed by atoms with Crippen molar-refractivity contribution in [1.29, 1.82) is 0 Å². The van der Waals surface area contributed by atoms with Crippen molar-refractivity contribution in [2.75, 3.05) is 17.4 Å². The Morgan fingerprint density at radius 1 is 0.872 bits per heavy atom. The summed E-state index contributed by atoms with van der Waals surface area (Å²) in [4.78, 5) is 28.8. The van der Waals surface area contributed by atoms with E-state index in [0.717, 1.165) is 16.3 Å². The molecular weight excluding hydrogens is 534 g/mol. The van der Waals surface area contributed by atoms with Crippen LogP contribution in [0.5, 0.6) is 0 Å². The van der Waals surface area contributed by atoms with Crippen molar-refractivity contribution >= 4 is 39.1 Å². The minimum absolute atomic E-state index is 0.0371. The summed E-state index contributed by atoms with van der Waals surface area (Å²) in [6.45, 7) is 5.46. The lowest BCUT2D eigenvalue weighted by atomic mass is 10.1. The molecule has 0 aliphatic carbocycles. The van der Waals surface area contributed by atoms with E-state index in [0.29, 0.717) is 12.8 Å². The lowest BCUT2D eigenvalue weighted by molar-refractivity contribution is -0.139. The number of benzene rings is 3. The third kappa shape index (κ3) is 7.83. The second-order valence-corrected chi connectivity index (χ2v) is 11.6. The predicted molar refractivity (Wildman–Crippen MR) is 156 cm³/mol. The van der Waals surface area contributed by atoms with Gasteiger partial charge in [-0.3, -0.25) is 13.9 Å². The van der Waals surface area contributed by atoms with Gasteiger partial charge in [0.25, 0.3) is 10.0 Å². The number of nitrogens with one attached hydrogen (secondary N) is 1. The highest BCUT2D eigenvalue weighted by Crippen LogP contribution is 2.30. The van der Waals surface area contributed by atoms with Gasteiger partial charge in [0.1, 0.15) is 12.6 Å². The van der Waals surface area contributed by atoms with Crippen molar-refractivity contribution in [3.63, 3.8) is 0 Å². The molecule has 3 rings (SSSR count). The molecule has 3 aromatic rings. The second-order valence-electron chi connectivity index (χ2n) is 9.34. The molecule has 2 amide bonds. The summed E-state index contributed by atoms with van der Waals surface area (Å²) in [6.07, 6.45) is 1.63. The van der Waals surface area contributed by atoms with Gasteiger partial charge in [-0.1, -0.05) is 86.1 Å². The number of hydrogen-bond acceptors (Lipinski definition) is 4. The van der Waals surface area contributed by atoms with Crippen molar-refractivity contribution in [1.82, 2.24) is 10.2 Å². The molecule has 2 atom stereocenters. The zero-order valence-electron chi connectivity index (χ0n) is 22.6. The van der Waals surface area contributed by atoms with Crippen LogP contribution in [-0.4, -0.2) is 50.3 Å². The minimum atomic E-state index is -4.15. The maximum atomic E-state index is 14.0. The third-order valence-corrected chi connectivity index (χ3v) is 8.70.